The maximum absolute atomic E-state index is 12.4. The number of likely N-dealkylation sites (tertiary alicyclic amines) is 1. The van der Waals surface area contributed by atoms with E-state index >= 15 is 0 Å². The number of carbonyl (C=O) groups excluding carboxylic acids is 1. The normalized spacial score (nSPS) is 26.5. The summed E-state index contributed by atoms with van der Waals surface area (Å²) in [5.74, 6) is 0.523. The van der Waals surface area contributed by atoms with Crippen LogP contribution in [0, 0.1) is 0 Å². The highest BCUT2D eigenvalue weighted by molar-refractivity contribution is 5.69. The Kier molecular flexibility index (Phi) is 4.60. The fraction of sp³-hybridized carbons (Fsp3) is 0.611. The fourth-order valence-electron chi connectivity index (χ4n) is 3.25. The van der Waals surface area contributed by atoms with Crippen molar-refractivity contribution in [2.75, 3.05) is 0 Å². The molecule has 3 heteroatoms. The van der Waals surface area contributed by atoms with Gasteiger partial charge in [-0.05, 0) is 58.9 Å². The average Bonchev–Trinajstić information content (AvgIpc) is 2.36. The molecule has 0 spiro atoms. The highest BCUT2D eigenvalue weighted by Crippen LogP contribution is 2.35. The molecule has 1 saturated heterocycles. The summed E-state index contributed by atoms with van der Waals surface area (Å²) >= 11 is 0. The zero-order chi connectivity index (χ0) is 15.6. The quantitative estimate of drug-likeness (QED) is 0.757. The molecule has 1 aliphatic rings. The molecule has 1 aromatic carbocycles. The van der Waals surface area contributed by atoms with Gasteiger partial charge in [0, 0.05) is 12.1 Å². The van der Waals surface area contributed by atoms with Gasteiger partial charge < -0.3 is 9.64 Å². The molecule has 0 aliphatic carbocycles. The van der Waals surface area contributed by atoms with Gasteiger partial charge in [-0.1, -0.05) is 30.3 Å². The van der Waals surface area contributed by atoms with Crippen LogP contribution in [0.3, 0.4) is 0 Å². The summed E-state index contributed by atoms with van der Waals surface area (Å²) in [4.78, 5) is 14.3. The first-order valence-corrected chi connectivity index (χ1v) is 7.84. The highest BCUT2D eigenvalue weighted by Gasteiger charge is 2.36. The second-order valence-electron chi connectivity index (χ2n) is 7.16. The van der Waals surface area contributed by atoms with Crippen molar-refractivity contribution >= 4 is 6.09 Å². The molecule has 3 nitrogen and oxygen atoms in total. The molecular weight excluding hydrogens is 262 g/mol. The number of benzene rings is 1. The molecular formula is C18H27NO2. The molecule has 0 N–H and O–H groups in total. The van der Waals surface area contributed by atoms with Gasteiger partial charge in [0.2, 0.25) is 0 Å². The van der Waals surface area contributed by atoms with Crippen molar-refractivity contribution in [1.82, 2.24) is 4.90 Å². The number of carbonyl (C=O) groups is 1. The largest absolute Gasteiger partial charge is 0.444 e. The predicted octanol–water partition coefficient (Wildman–Crippen LogP) is 4.58. The lowest BCUT2D eigenvalue weighted by Gasteiger charge is -2.43. The van der Waals surface area contributed by atoms with E-state index in [0.29, 0.717) is 5.92 Å². The lowest BCUT2D eigenvalue weighted by atomic mass is 9.82. The lowest BCUT2D eigenvalue weighted by molar-refractivity contribution is -0.00254. The zero-order valence-electron chi connectivity index (χ0n) is 13.8. The zero-order valence-corrected chi connectivity index (χ0v) is 13.8. The second-order valence-corrected chi connectivity index (χ2v) is 7.16. The molecule has 2 atom stereocenters. The van der Waals surface area contributed by atoms with Gasteiger partial charge in [0.1, 0.15) is 5.60 Å². The van der Waals surface area contributed by atoms with Crippen LogP contribution in [0.15, 0.2) is 30.3 Å². The van der Waals surface area contributed by atoms with Gasteiger partial charge in [0.25, 0.3) is 0 Å². The van der Waals surface area contributed by atoms with E-state index in [-0.39, 0.29) is 18.2 Å². The van der Waals surface area contributed by atoms with Crippen molar-refractivity contribution in [3.8, 4) is 0 Å². The summed E-state index contributed by atoms with van der Waals surface area (Å²) in [5, 5.41) is 0. The summed E-state index contributed by atoms with van der Waals surface area (Å²) < 4.78 is 5.55. The molecule has 116 valence electrons. The predicted molar refractivity (Wildman–Crippen MR) is 85.4 cm³/mol. The molecule has 2 unspecified atom stereocenters. The molecule has 1 aliphatic heterocycles. The van der Waals surface area contributed by atoms with Crippen LogP contribution >= 0.6 is 0 Å². The third kappa shape index (κ3) is 3.99. The molecule has 2 rings (SSSR count). The van der Waals surface area contributed by atoms with Crippen molar-refractivity contribution in [2.45, 2.75) is 71.1 Å². The summed E-state index contributed by atoms with van der Waals surface area (Å²) in [6.07, 6.45) is 1.80. The van der Waals surface area contributed by atoms with Gasteiger partial charge in [0.15, 0.2) is 0 Å². The first kappa shape index (κ1) is 15.9. The number of hydrogen-bond acceptors (Lipinski definition) is 2. The monoisotopic (exact) mass is 289 g/mol. The first-order chi connectivity index (χ1) is 9.78. The summed E-state index contributed by atoms with van der Waals surface area (Å²) in [7, 11) is 0. The topological polar surface area (TPSA) is 29.5 Å². The maximum Gasteiger partial charge on any atom is 0.410 e. The van der Waals surface area contributed by atoms with Gasteiger partial charge in [-0.15, -0.1) is 0 Å². The van der Waals surface area contributed by atoms with Crippen LogP contribution in [0.4, 0.5) is 4.79 Å². The minimum Gasteiger partial charge on any atom is -0.444 e. The van der Waals surface area contributed by atoms with Crippen LogP contribution in [0.5, 0.6) is 0 Å². The van der Waals surface area contributed by atoms with Crippen molar-refractivity contribution in [2.24, 2.45) is 0 Å². The molecule has 0 bridgehead atoms. The number of hydrogen-bond donors (Lipinski definition) is 0. The van der Waals surface area contributed by atoms with Crippen LogP contribution in [-0.4, -0.2) is 28.7 Å². The number of ether oxygens (including phenoxy) is 1. The van der Waals surface area contributed by atoms with E-state index in [9.17, 15) is 4.79 Å². The Balaban J connectivity index is 2.07. The number of piperidine rings is 1. The average molecular weight is 289 g/mol. The molecule has 21 heavy (non-hydrogen) atoms. The number of amides is 1. The third-order valence-corrected chi connectivity index (χ3v) is 4.08. The third-order valence-electron chi connectivity index (χ3n) is 4.08. The molecule has 1 fully saturated rings. The SMILES string of the molecule is CC1CC(c2ccccc2)CC(C)N1C(=O)OC(C)(C)C. The van der Waals surface area contributed by atoms with E-state index in [1.165, 1.54) is 5.56 Å². The molecule has 0 saturated carbocycles. The molecule has 1 aromatic rings. The van der Waals surface area contributed by atoms with Crippen molar-refractivity contribution in [1.29, 1.82) is 0 Å². The molecule has 0 radical (unpaired) electrons. The van der Waals surface area contributed by atoms with Crippen LogP contribution in [0.1, 0.15) is 58.9 Å². The Bertz CT molecular complexity index is 466. The fourth-order valence-corrected chi connectivity index (χ4v) is 3.25. The second kappa shape index (κ2) is 6.08. The summed E-state index contributed by atoms with van der Waals surface area (Å²) in [5.41, 5.74) is 0.937. The highest BCUT2D eigenvalue weighted by atomic mass is 16.6. The van der Waals surface area contributed by atoms with Gasteiger partial charge in [-0.2, -0.15) is 0 Å². The summed E-state index contributed by atoms with van der Waals surface area (Å²) in [6, 6.07) is 11.0. The Hall–Kier alpha value is -1.51. The van der Waals surface area contributed by atoms with Crippen LogP contribution < -0.4 is 0 Å². The number of nitrogens with zero attached hydrogens (tertiary/aromatic N) is 1. The molecule has 0 aromatic heterocycles. The van der Waals surface area contributed by atoms with Crippen molar-refractivity contribution in [3.05, 3.63) is 35.9 Å². The van der Waals surface area contributed by atoms with Crippen LogP contribution in [0.25, 0.3) is 0 Å². The van der Waals surface area contributed by atoms with Gasteiger partial charge >= 0.3 is 6.09 Å². The standard InChI is InChI=1S/C18H27NO2/c1-13-11-16(15-9-7-6-8-10-15)12-14(2)19(13)17(20)21-18(3,4)5/h6-10,13-14,16H,11-12H2,1-5H3. The van der Waals surface area contributed by atoms with Gasteiger partial charge in [0.05, 0.1) is 0 Å². The van der Waals surface area contributed by atoms with E-state index in [0.717, 1.165) is 12.8 Å². The van der Waals surface area contributed by atoms with E-state index in [1.54, 1.807) is 0 Å². The first-order valence-electron chi connectivity index (χ1n) is 7.84. The molecule has 1 amide bonds. The van der Waals surface area contributed by atoms with Crippen molar-refractivity contribution in [3.63, 3.8) is 0 Å². The minimum absolute atomic E-state index is 0.186. The maximum atomic E-state index is 12.4. The van der Waals surface area contributed by atoms with Gasteiger partial charge in [-0.25, -0.2) is 4.79 Å². The van der Waals surface area contributed by atoms with E-state index < -0.39 is 5.60 Å². The van der Waals surface area contributed by atoms with E-state index in [1.807, 2.05) is 31.7 Å². The minimum atomic E-state index is -0.438. The van der Waals surface area contributed by atoms with Gasteiger partial charge in [-0.3, -0.25) is 0 Å². The van der Waals surface area contributed by atoms with E-state index in [2.05, 4.69) is 38.1 Å². The van der Waals surface area contributed by atoms with Crippen LogP contribution in [0.2, 0.25) is 0 Å². The smallest absolute Gasteiger partial charge is 0.410 e. The number of rotatable bonds is 1. The Morgan fingerprint density at radius 1 is 1.10 bits per heavy atom. The Labute approximate surface area is 128 Å². The van der Waals surface area contributed by atoms with Crippen LogP contribution in [-0.2, 0) is 4.74 Å². The Morgan fingerprint density at radius 3 is 2.10 bits per heavy atom. The van der Waals surface area contributed by atoms with E-state index in [4.69, 9.17) is 4.74 Å². The Morgan fingerprint density at radius 2 is 1.62 bits per heavy atom. The summed E-state index contributed by atoms with van der Waals surface area (Å²) in [6.45, 7) is 9.98. The van der Waals surface area contributed by atoms with Crippen molar-refractivity contribution < 1.29 is 9.53 Å². The molecule has 1 heterocycles. The lowest BCUT2D eigenvalue weighted by Crippen LogP contribution is -2.51.